The van der Waals surface area contributed by atoms with E-state index in [0.29, 0.717) is 22.8 Å². The van der Waals surface area contributed by atoms with Gasteiger partial charge in [-0.25, -0.2) is 28.8 Å². The quantitative estimate of drug-likeness (QED) is 0.0459. The van der Waals surface area contributed by atoms with Gasteiger partial charge in [-0.2, -0.15) is 112 Å². The second-order valence-corrected chi connectivity index (χ2v) is 44.0. The van der Waals surface area contributed by atoms with Gasteiger partial charge in [-0.3, -0.25) is 50.2 Å². The van der Waals surface area contributed by atoms with Crippen LogP contribution in [0.1, 0.15) is 37.3 Å². The zero-order chi connectivity index (χ0) is 88.6. The lowest BCUT2D eigenvalue weighted by Gasteiger charge is -2.12. The molecule has 0 bridgehead atoms. The molecule has 0 amide bonds. The largest absolute Gasteiger partial charge is 0.464 e. The van der Waals surface area contributed by atoms with Crippen molar-refractivity contribution in [1.82, 2.24) is 0 Å². The summed E-state index contributed by atoms with van der Waals surface area (Å²) in [4.78, 5) is 69.1. The lowest BCUT2D eigenvalue weighted by Crippen LogP contribution is -2.32. The lowest BCUT2D eigenvalue weighted by atomic mass is 10.2. The standard InChI is InChI=1S/C11H11ClO8S2.C11H12O8S2.C8H11NO8S2.C8H14O9S2.C7H9NO8S2.C7H12O9S2/c12-9-3-1-8(2-4-9)5-18-11(13)10-6-19-21(14,15)7-22(16,17)20-10;12-11(17-6-9-4-2-1-3-5-9)10-7-18-20(13,14)8-21(15,16)19-10;9-3-1-2-4-15-8(10)7-5-16-18(11,12)6-19(13,14)17-7;1-2-14-3-4-15-8(9)7-5-16-18(10,11)6-19(12,13)17-7;8-2-1-3-14-7(9)6-4-15-17(10,11)5-18(12,13)16-6;1-13-2-3-14-7(8)6-4-15-17(9,10)5-18(11,12)16-6/h1-4,10H,5-7H2;1-5,10H,6-8H2;7H,1-2,4-6H2;7H,2-6H2,1H3;6H,1,3-5H2;6H,2-5H2,1H3. The van der Waals surface area contributed by atoms with E-state index in [0.717, 1.165) is 0 Å². The number of carbonyl (C=O) groups is 6. The van der Waals surface area contributed by atoms with E-state index in [9.17, 15) is 130 Å². The molecule has 0 aromatic heterocycles. The Morgan fingerprint density at radius 2 is 0.598 bits per heavy atom. The number of nitrogens with zero attached hydrogens (tertiary/aromatic N) is 2. The number of hydrogen-bond donors (Lipinski definition) is 0. The zero-order valence-corrected chi connectivity index (χ0v) is 70.3. The summed E-state index contributed by atoms with van der Waals surface area (Å²) in [5.41, 5.74) is 1.30. The molecule has 2 aromatic carbocycles. The minimum absolute atomic E-state index is 0.0790. The Morgan fingerprint density at radius 1 is 0.342 bits per heavy atom. The fourth-order valence-corrected chi connectivity index (χ4v) is 23.9. The van der Waals surface area contributed by atoms with Gasteiger partial charge in [-0.15, -0.1) is 0 Å². The third-order valence-corrected chi connectivity index (χ3v) is 32.4. The van der Waals surface area contributed by atoms with Gasteiger partial charge in [0.2, 0.25) is 30.5 Å². The number of unbranched alkanes of at least 4 members (excludes halogenated alkanes) is 1. The van der Waals surface area contributed by atoms with E-state index >= 15 is 0 Å². The van der Waals surface area contributed by atoms with Gasteiger partial charge >= 0.3 is 35.8 Å². The third-order valence-electron chi connectivity index (χ3n) is 12.1. The molecular weight excluding hydrogens is 1870 g/mol. The van der Waals surface area contributed by atoms with Crippen LogP contribution in [0.25, 0.3) is 0 Å². The van der Waals surface area contributed by atoms with E-state index < -0.39 is 264 Å². The van der Waals surface area contributed by atoms with E-state index in [2.05, 4.69) is 73.9 Å². The van der Waals surface area contributed by atoms with Crippen LogP contribution in [0, 0.1) is 22.7 Å². The van der Waals surface area contributed by atoms with E-state index in [-0.39, 0.29) is 72.1 Å². The van der Waals surface area contributed by atoms with Gasteiger partial charge in [0.05, 0.1) is 38.4 Å². The first kappa shape index (κ1) is 105. The molecule has 6 fully saturated rings. The third kappa shape index (κ3) is 44.0. The summed E-state index contributed by atoms with van der Waals surface area (Å²) in [6, 6.07) is 18.6. The van der Waals surface area contributed by atoms with Crippen molar-refractivity contribution >= 4 is 169 Å². The molecule has 0 radical (unpaired) electrons. The molecule has 6 heterocycles. The van der Waals surface area contributed by atoms with Crippen molar-refractivity contribution in [2.75, 3.05) is 124 Å². The topological polar surface area (TPSA) is 744 Å². The predicted octanol–water partition coefficient (Wildman–Crippen LogP) is -5.67. The SMILES string of the molecule is CCOCCOC(=O)C1COS(=O)(=O)CS(=O)(=O)O1.COCCOC(=O)C1COS(=O)(=O)CS(=O)(=O)O1.N#CCCCOC(=O)C1COS(=O)(=O)CS(=O)(=O)O1.N#CCCOC(=O)C1COS(=O)(=O)CS(=O)(=O)O1.O=C(OCc1ccc(Cl)cc1)C1COS(=O)(=O)CS(=O)(=O)O1.O=C(OCc1ccccc1)C1COS(=O)(=O)CS(=O)(=O)O1. The van der Waals surface area contributed by atoms with E-state index in [1.54, 1.807) is 67.6 Å². The van der Waals surface area contributed by atoms with Gasteiger partial charge in [0.25, 0.3) is 121 Å². The molecule has 666 valence electrons. The number of nitriles is 2. The maximum atomic E-state index is 11.8. The number of carbonyl (C=O) groups excluding carboxylic acids is 6. The average Bonchev–Trinajstić information content (AvgIpc) is 1.76. The van der Waals surface area contributed by atoms with Crippen LogP contribution in [0.4, 0.5) is 0 Å². The highest BCUT2D eigenvalue weighted by atomic mass is 35.5. The van der Waals surface area contributed by atoms with Gasteiger partial charge in [0.1, 0.15) is 72.7 Å². The van der Waals surface area contributed by atoms with Crippen molar-refractivity contribution < 1.29 is 218 Å². The van der Waals surface area contributed by atoms with Crippen LogP contribution in [0.5, 0.6) is 0 Å². The molecule has 6 atom stereocenters. The van der Waals surface area contributed by atoms with Crippen molar-refractivity contribution in [3.05, 3.63) is 70.7 Å². The Balaban J connectivity index is 0.000000364. The first-order chi connectivity index (χ1) is 54.0. The molecule has 0 spiro atoms. The maximum absolute atomic E-state index is 11.8. The number of hydrogen-bond acceptors (Lipinski definition) is 52. The maximum Gasteiger partial charge on any atom is 0.339 e. The van der Waals surface area contributed by atoms with Crippen LogP contribution in [0.15, 0.2) is 54.6 Å². The number of halogens is 1. The van der Waals surface area contributed by atoms with Crippen LogP contribution in [-0.2, 0) is 251 Å². The lowest BCUT2D eigenvalue weighted by molar-refractivity contribution is -0.155. The Hall–Kier alpha value is -6.63. The van der Waals surface area contributed by atoms with Crippen molar-refractivity contribution in [2.24, 2.45) is 0 Å². The minimum atomic E-state index is -4.44. The molecule has 6 aliphatic rings. The van der Waals surface area contributed by atoms with Crippen molar-refractivity contribution in [3.63, 3.8) is 0 Å². The van der Waals surface area contributed by atoms with Crippen LogP contribution in [0.3, 0.4) is 0 Å². The second kappa shape index (κ2) is 47.0. The summed E-state index contributed by atoms with van der Waals surface area (Å²) < 4.78 is 359. The highest BCUT2D eigenvalue weighted by Crippen LogP contribution is 2.21. The Kier molecular flexibility index (Phi) is 42.0. The Labute approximate surface area is 674 Å². The predicted molar refractivity (Wildman–Crippen MR) is 376 cm³/mol. The van der Waals surface area contributed by atoms with Crippen molar-refractivity contribution in [2.45, 2.75) is 76.0 Å². The first-order valence-corrected chi connectivity index (χ1v) is 50.5. The molecule has 0 saturated carbocycles. The number of methoxy groups -OCH3 is 1. The van der Waals surface area contributed by atoms with E-state index in [1.165, 1.54) is 7.11 Å². The smallest absolute Gasteiger partial charge is 0.339 e. The van der Waals surface area contributed by atoms with Crippen LogP contribution < -0.4 is 0 Å². The number of rotatable bonds is 22. The average molecular weight is 1940 g/mol. The first-order valence-electron chi connectivity index (χ1n) is 31.2. The Morgan fingerprint density at radius 3 is 0.872 bits per heavy atom. The fraction of sp³-hybridized carbons (Fsp3) is 0.615. The molecule has 6 aliphatic heterocycles. The zero-order valence-electron chi connectivity index (χ0n) is 59.7. The van der Waals surface area contributed by atoms with Gasteiger partial charge in [0.15, 0.2) is 36.6 Å². The molecule has 8 rings (SSSR count). The highest BCUT2D eigenvalue weighted by molar-refractivity contribution is 8.06. The summed E-state index contributed by atoms with van der Waals surface area (Å²) in [6.45, 7) is -2.89. The monoisotopic (exact) mass is 1940 g/mol. The molecule has 0 aliphatic carbocycles. The van der Waals surface area contributed by atoms with Crippen molar-refractivity contribution in [3.8, 4) is 12.1 Å². The molecule has 2 aromatic rings. The summed E-state index contributed by atoms with van der Waals surface area (Å²) in [5, 5.41) is 8.94. The fourth-order valence-electron chi connectivity index (χ4n) is 7.41. The van der Waals surface area contributed by atoms with E-state index in [4.69, 9.17) is 36.3 Å². The van der Waals surface area contributed by atoms with Gasteiger partial charge in [0, 0.05) is 25.2 Å². The Bertz CT molecular complexity index is 5290. The molecule has 6 unspecified atom stereocenters. The number of ether oxygens (including phenoxy) is 8. The van der Waals surface area contributed by atoms with Crippen molar-refractivity contribution in [1.29, 1.82) is 10.5 Å². The van der Waals surface area contributed by atoms with Crippen LogP contribution in [-0.4, -0.2) is 297 Å². The van der Waals surface area contributed by atoms with E-state index in [1.807, 2.05) is 6.07 Å². The normalized spacial score (nSPS) is 24.8. The molecule has 65 heteroatoms. The van der Waals surface area contributed by atoms with Crippen LogP contribution >= 0.6 is 11.6 Å². The van der Waals surface area contributed by atoms with Gasteiger partial charge in [-0.1, -0.05) is 54.1 Å². The molecule has 52 nitrogen and oxygen atoms in total. The summed E-state index contributed by atoms with van der Waals surface area (Å²) >= 11 is 5.70. The molecule has 117 heavy (non-hydrogen) atoms. The number of esters is 6. The minimum Gasteiger partial charge on any atom is -0.464 e. The highest BCUT2D eigenvalue weighted by Gasteiger charge is 2.43. The summed E-state index contributed by atoms with van der Waals surface area (Å²) in [5.74, 6) is -6.28. The molecule has 0 N–H and O–H groups in total. The van der Waals surface area contributed by atoms with Crippen LogP contribution in [0.2, 0.25) is 5.02 Å². The van der Waals surface area contributed by atoms with Gasteiger partial charge in [-0.05, 0) is 36.6 Å². The molecular formula is C52H69ClN2O50S12. The number of benzene rings is 2. The van der Waals surface area contributed by atoms with Gasteiger partial charge < -0.3 is 37.9 Å². The summed E-state index contributed by atoms with van der Waals surface area (Å²) in [6.07, 6.45) is -9.57. The summed E-state index contributed by atoms with van der Waals surface area (Å²) in [7, 11) is -50.8. The second-order valence-electron chi connectivity index (χ2n) is 22.0. The molecule has 6 saturated heterocycles.